The van der Waals surface area contributed by atoms with Crippen LogP contribution in [0.3, 0.4) is 0 Å². The van der Waals surface area contributed by atoms with E-state index in [-0.39, 0.29) is 0 Å². The molecule has 8 heterocycles. The molecule has 16 aromatic rings. The quantitative estimate of drug-likeness (QED) is 0.0846. The molecule has 0 aliphatic carbocycles. The molecule has 0 bridgehead atoms. The van der Waals surface area contributed by atoms with Crippen LogP contribution in [0.5, 0.6) is 0 Å². The molecular formula is C82H52S8. The van der Waals surface area contributed by atoms with Gasteiger partial charge in [0, 0.05) is 58.5 Å². The Kier molecular flexibility index (Phi) is 15.8. The summed E-state index contributed by atoms with van der Waals surface area (Å²) >= 11 is 14.5. The van der Waals surface area contributed by atoms with E-state index in [2.05, 4.69) is 313 Å². The maximum atomic E-state index is 2.34. The Labute approximate surface area is 556 Å². The summed E-state index contributed by atoms with van der Waals surface area (Å²) in [5.74, 6) is 0. The van der Waals surface area contributed by atoms with Gasteiger partial charge in [-0.05, 0) is 194 Å². The fourth-order valence-corrected chi connectivity index (χ4v) is 18.7. The SMILES string of the molecule is c1csc(-c2ccc(-c3ccc(-c4ccc(C(=C(c5ccc(-c6ccc(-c7ccc(-c8cccs8)cc7)s6)cc5)c5ccc(-c6ccc(-c7ccc(-c8cccs8)cc7)s6)cc5)c5ccc(-c6ccc(-c7ccc(-c8cccs8)cc7)s6)cc5)cc4)s3)cc2)c1. The standard InChI is InChI=1S/C82H52S8/c1-5-69(83-49-1)53-9-17-57(18-10-53)73-41-45-77(87-73)61-25-33-65(34-26-61)81(66-35-27-62(28-36-66)78-46-42-74(88-78)58-19-11-54(12-20-58)70-6-2-50-84-70)82(67-37-29-63(30-38-67)79-47-43-75(89-79)59-21-13-55(14-22-59)71-7-3-51-85-71)68-39-31-64(32-40-68)80-48-44-76(90-80)60-23-15-56(16-24-60)72-8-4-52-86-72/h1-52H. The molecule has 0 atom stereocenters. The summed E-state index contributed by atoms with van der Waals surface area (Å²) in [6.07, 6.45) is 0. The number of rotatable bonds is 16. The van der Waals surface area contributed by atoms with E-state index < -0.39 is 0 Å². The minimum atomic E-state index is 1.15. The van der Waals surface area contributed by atoms with E-state index in [1.165, 1.54) is 136 Å². The van der Waals surface area contributed by atoms with Gasteiger partial charge in [-0.15, -0.1) is 90.7 Å². The fraction of sp³-hybridized carbons (Fsp3) is 0. The lowest BCUT2D eigenvalue weighted by molar-refractivity contribution is 1.50. The van der Waals surface area contributed by atoms with Crippen LogP contribution in [0.15, 0.2) is 313 Å². The van der Waals surface area contributed by atoms with Crippen LogP contribution in [0.25, 0.3) is 136 Å². The monoisotopic (exact) mass is 1290 g/mol. The summed E-state index contributed by atoms with van der Waals surface area (Å²) in [6.45, 7) is 0. The van der Waals surface area contributed by atoms with E-state index in [1.54, 1.807) is 45.3 Å². The van der Waals surface area contributed by atoms with Crippen molar-refractivity contribution in [2.45, 2.75) is 0 Å². The van der Waals surface area contributed by atoms with E-state index >= 15 is 0 Å². The number of hydrogen-bond donors (Lipinski definition) is 0. The average Bonchev–Trinajstić information content (AvgIpc) is 4.30. The van der Waals surface area contributed by atoms with Crippen LogP contribution in [-0.4, -0.2) is 0 Å². The molecule has 0 aliphatic rings. The Balaban J connectivity index is 0.779. The van der Waals surface area contributed by atoms with Gasteiger partial charge in [-0.25, -0.2) is 0 Å². The van der Waals surface area contributed by atoms with Crippen molar-refractivity contribution in [3.8, 4) is 125 Å². The first-order valence-corrected chi connectivity index (χ1v) is 36.5. The summed E-state index contributed by atoms with van der Waals surface area (Å²) in [5.41, 5.74) is 21.7. The van der Waals surface area contributed by atoms with E-state index in [9.17, 15) is 0 Å². The Hall–Kier alpha value is -8.90. The Morgan fingerprint density at radius 3 is 0.433 bits per heavy atom. The molecule has 90 heavy (non-hydrogen) atoms. The molecule has 0 amide bonds. The van der Waals surface area contributed by atoms with Crippen molar-refractivity contribution in [1.29, 1.82) is 0 Å². The van der Waals surface area contributed by atoms with Crippen molar-refractivity contribution in [3.63, 3.8) is 0 Å². The molecular weight excluding hydrogens is 1240 g/mol. The van der Waals surface area contributed by atoms with Crippen LogP contribution in [-0.2, 0) is 0 Å². The van der Waals surface area contributed by atoms with E-state index in [4.69, 9.17) is 0 Å². The van der Waals surface area contributed by atoms with E-state index in [0.29, 0.717) is 0 Å². The highest BCUT2D eigenvalue weighted by Crippen LogP contribution is 2.45. The molecule has 0 radical (unpaired) electrons. The topological polar surface area (TPSA) is 0 Å². The predicted octanol–water partition coefficient (Wildman–Crippen LogP) is 27.2. The number of thiophene rings is 8. The zero-order valence-corrected chi connectivity index (χ0v) is 54.8. The molecule has 0 nitrogen and oxygen atoms in total. The number of hydrogen-bond acceptors (Lipinski definition) is 8. The molecule has 0 aliphatic heterocycles. The molecule has 0 saturated carbocycles. The lowest BCUT2D eigenvalue weighted by Gasteiger charge is -2.19. The average molecular weight is 1290 g/mol. The highest BCUT2D eigenvalue weighted by Gasteiger charge is 2.20. The summed E-state index contributed by atoms with van der Waals surface area (Å²) < 4.78 is 0. The molecule has 0 spiro atoms. The second-order valence-corrected chi connectivity index (χ2v) is 30.1. The molecule has 16 rings (SSSR count). The minimum Gasteiger partial charge on any atom is -0.144 e. The summed E-state index contributed by atoms with van der Waals surface area (Å²) in [6, 6.07) is 109. The predicted molar refractivity (Wildman–Crippen MR) is 399 cm³/mol. The van der Waals surface area contributed by atoms with Gasteiger partial charge in [0.1, 0.15) is 0 Å². The van der Waals surface area contributed by atoms with Crippen LogP contribution in [0, 0.1) is 0 Å². The zero-order chi connectivity index (χ0) is 59.7. The Morgan fingerprint density at radius 2 is 0.289 bits per heavy atom. The van der Waals surface area contributed by atoms with Gasteiger partial charge in [-0.1, -0.05) is 218 Å². The van der Waals surface area contributed by atoms with Crippen LogP contribution in [0.4, 0.5) is 0 Å². The van der Waals surface area contributed by atoms with Gasteiger partial charge < -0.3 is 0 Å². The summed E-state index contributed by atoms with van der Waals surface area (Å²) in [7, 11) is 0. The van der Waals surface area contributed by atoms with Gasteiger partial charge in [-0.2, -0.15) is 0 Å². The van der Waals surface area contributed by atoms with Gasteiger partial charge in [0.25, 0.3) is 0 Å². The third-order valence-corrected chi connectivity index (χ3v) is 24.8. The highest BCUT2D eigenvalue weighted by atomic mass is 32.1. The molecule has 8 heteroatoms. The van der Waals surface area contributed by atoms with Crippen molar-refractivity contribution in [3.05, 3.63) is 335 Å². The van der Waals surface area contributed by atoms with Gasteiger partial charge >= 0.3 is 0 Å². The van der Waals surface area contributed by atoms with Gasteiger partial charge in [0.15, 0.2) is 0 Å². The normalized spacial score (nSPS) is 11.3. The van der Waals surface area contributed by atoms with Crippen molar-refractivity contribution in [1.82, 2.24) is 0 Å². The van der Waals surface area contributed by atoms with Crippen molar-refractivity contribution >= 4 is 102 Å². The van der Waals surface area contributed by atoms with E-state index in [1.807, 2.05) is 45.3 Å². The van der Waals surface area contributed by atoms with Crippen LogP contribution >= 0.6 is 90.7 Å². The molecule has 8 aromatic heterocycles. The van der Waals surface area contributed by atoms with Crippen molar-refractivity contribution in [2.24, 2.45) is 0 Å². The second kappa shape index (κ2) is 25.2. The Morgan fingerprint density at radius 1 is 0.144 bits per heavy atom. The van der Waals surface area contributed by atoms with E-state index in [0.717, 1.165) is 22.3 Å². The fourth-order valence-electron chi connectivity index (χ4n) is 11.7. The van der Waals surface area contributed by atoms with Crippen molar-refractivity contribution in [2.75, 3.05) is 0 Å². The first-order chi connectivity index (χ1) is 44.5. The van der Waals surface area contributed by atoms with Crippen molar-refractivity contribution < 1.29 is 0 Å². The first kappa shape index (κ1) is 56.3. The van der Waals surface area contributed by atoms with Crippen LogP contribution in [0.2, 0.25) is 0 Å². The zero-order valence-electron chi connectivity index (χ0n) is 48.3. The maximum absolute atomic E-state index is 2.34. The number of benzene rings is 8. The lowest BCUT2D eigenvalue weighted by atomic mass is 9.84. The maximum Gasteiger partial charge on any atom is 0.0349 e. The third kappa shape index (κ3) is 11.7. The Bertz CT molecular complexity index is 4400. The molecule has 428 valence electrons. The van der Waals surface area contributed by atoms with Gasteiger partial charge in [0.05, 0.1) is 0 Å². The molecule has 0 N–H and O–H groups in total. The molecule has 0 unspecified atom stereocenters. The lowest BCUT2D eigenvalue weighted by Crippen LogP contribution is -1.98. The highest BCUT2D eigenvalue weighted by molar-refractivity contribution is 7.20. The van der Waals surface area contributed by atoms with Crippen LogP contribution in [0.1, 0.15) is 22.3 Å². The smallest absolute Gasteiger partial charge is 0.0349 e. The largest absolute Gasteiger partial charge is 0.144 e. The molecule has 0 saturated heterocycles. The van der Waals surface area contributed by atoms with Gasteiger partial charge in [-0.3, -0.25) is 0 Å². The molecule has 8 aromatic carbocycles. The second-order valence-electron chi connectivity index (χ2n) is 21.9. The third-order valence-electron chi connectivity index (χ3n) is 16.4. The van der Waals surface area contributed by atoms with Crippen LogP contribution < -0.4 is 0 Å². The minimum absolute atomic E-state index is 1.15. The molecule has 0 fully saturated rings. The summed E-state index contributed by atoms with van der Waals surface area (Å²) in [5, 5.41) is 8.56. The summed E-state index contributed by atoms with van der Waals surface area (Å²) in [4.78, 5) is 15.2. The van der Waals surface area contributed by atoms with Gasteiger partial charge in [0.2, 0.25) is 0 Å². The first-order valence-electron chi connectivity index (χ1n) is 29.7.